The fraction of sp³-hybridized carbons (Fsp3) is 0.867. The number of hydrogen-bond acceptors (Lipinski definition) is 4. The highest BCUT2D eigenvalue weighted by Crippen LogP contribution is 2.50. The van der Waals surface area contributed by atoms with E-state index in [0.717, 1.165) is 12.8 Å². The van der Waals surface area contributed by atoms with Crippen molar-refractivity contribution in [3.05, 3.63) is 0 Å². The summed E-state index contributed by atoms with van der Waals surface area (Å²) < 4.78 is 22.9. The first-order valence-electron chi connectivity index (χ1n) is 7.69. The molecular weight excluding hydrogens is 306 g/mol. The van der Waals surface area contributed by atoms with Gasteiger partial charge in [-0.25, -0.2) is 8.42 Å². The first kappa shape index (κ1) is 17.2. The quantitative estimate of drug-likeness (QED) is 0.788. The van der Waals surface area contributed by atoms with Gasteiger partial charge in [0.25, 0.3) is 0 Å². The third-order valence-electron chi connectivity index (χ3n) is 5.24. The highest BCUT2D eigenvalue weighted by molar-refractivity contribution is 7.90. The van der Waals surface area contributed by atoms with Gasteiger partial charge in [-0.3, -0.25) is 9.59 Å². The second-order valence-corrected chi connectivity index (χ2v) is 9.57. The van der Waals surface area contributed by atoms with Crippen molar-refractivity contribution in [3.63, 3.8) is 0 Å². The second kappa shape index (κ2) is 5.51. The number of sulfone groups is 1. The molecule has 126 valence electrons. The Morgan fingerprint density at radius 2 is 1.82 bits per heavy atom. The summed E-state index contributed by atoms with van der Waals surface area (Å²) in [5.74, 6) is -0.956. The average molecular weight is 331 g/mol. The number of hydrogen-bond donors (Lipinski definition) is 1. The van der Waals surface area contributed by atoms with Gasteiger partial charge < -0.3 is 10.0 Å². The van der Waals surface area contributed by atoms with Crippen LogP contribution < -0.4 is 0 Å². The normalized spacial score (nSPS) is 27.2. The zero-order valence-corrected chi connectivity index (χ0v) is 14.3. The first-order valence-corrected chi connectivity index (χ1v) is 9.75. The largest absolute Gasteiger partial charge is 0.481 e. The Morgan fingerprint density at radius 1 is 1.23 bits per heavy atom. The smallest absolute Gasteiger partial charge is 0.311 e. The molecule has 0 radical (unpaired) electrons. The molecule has 22 heavy (non-hydrogen) atoms. The molecule has 0 spiro atoms. The van der Waals surface area contributed by atoms with E-state index in [1.807, 2.05) is 13.8 Å². The average Bonchev–Trinajstić information content (AvgIpc) is 2.92. The van der Waals surface area contributed by atoms with Gasteiger partial charge in [-0.05, 0) is 30.6 Å². The Hall–Kier alpha value is -1.11. The number of rotatable bonds is 6. The topological polar surface area (TPSA) is 91.8 Å². The van der Waals surface area contributed by atoms with E-state index in [0.29, 0.717) is 13.0 Å². The van der Waals surface area contributed by atoms with Gasteiger partial charge in [-0.2, -0.15) is 0 Å². The van der Waals surface area contributed by atoms with Crippen LogP contribution in [-0.2, 0) is 19.4 Å². The van der Waals surface area contributed by atoms with Gasteiger partial charge in [0.05, 0.1) is 11.2 Å². The lowest BCUT2D eigenvalue weighted by molar-refractivity contribution is -0.151. The van der Waals surface area contributed by atoms with Crippen LogP contribution in [0.5, 0.6) is 0 Å². The summed E-state index contributed by atoms with van der Waals surface area (Å²) in [6.07, 6.45) is 3.39. The summed E-state index contributed by atoms with van der Waals surface area (Å²) in [7, 11) is -3.10. The van der Waals surface area contributed by atoms with Crippen LogP contribution >= 0.6 is 0 Å². The second-order valence-electron chi connectivity index (χ2n) is 7.43. The minimum atomic E-state index is -3.10. The van der Waals surface area contributed by atoms with Gasteiger partial charge in [0.2, 0.25) is 5.91 Å². The highest BCUT2D eigenvalue weighted by atomic mass is 32.2. The SMILES string of the molecule is CC(C)C1(C(=O)O)CCN(C(=O)CC2(CS(C)(=O)=O)CC2)C1. The standard InChI is InChI=1S/C15H25NO5S/c1-11(2)15(13(18)19)6-7-16(9-15)12(17)8-14(4-5-14)10-22(3,20)21/h11H,4-10H2,1-3H3,(H,18,19). The van der Waals surface area contributed by atoms with E-state index < -0.39 is 26.6 Å². The molecule has 1 N–H and O–H groups in total. The molecule has 1 saturated heterocycles. The number of carbonyl (C=O) groups is 2. The number of amides is 1. The molecular formula is C15H25NO5S. The van der Waals surface area contributed by atoms with E-state index in [1.54, 1.807) is 4.90 Å². The molecule has 0 aromatic heterocycles. The van der Waals surface area contributed by atoms with Gasteiger partial charge in [0.1, 0.15) is 9.84 Å². The third kappa shape index (κ3) is 3.45. The van der Waals surface area contributed by atoms with Crippen molar-refractivity contribution in [2.75, 3.05) is 25.1 Å². The van der Waals surface area contributed by atoms with Crippen LogP contribution in [0.1, 0.15) is 39.5 Å². The number of carboxylic acid groups (broad SMARTS) is 1. The maximum absolute atomic E-state index is 12.5. The number of carboxylic acids is 1. The number of nitrogens with zero attached hydrogens (tertiary/aromatic N) is 1. The van der Waals surface area contributed by atoms with E-state index in [1.165, 1.54) is 6.26 Å². The molecule has 2 aliphatic rings. The predicted octanol–water partition coefficient (Wildman–Crippen LogP) is 1.16. The van der Waals surface area contributed by atoms with Crippen molar-refractivity contribution < 1.29 is 23.1 Å². The Kier molecular flexibility index (Phi) is 4.32. The van der Waals surface area contributed by atoms with Crippen LogP contribution in [0, 0.1) is 16.7 Å². The summed E-state index contributed by atoms with van der Waals surface area (Å²) in [5.41, 5.74) is -1.28. The highest BCUT2D eigenvalue weighted by Gasteiger charge is 2.51. The Balaban J connectivity index is 2.02. The van der Waals surface area contributed by atoms with Gasteiger partial charge in [0, 0.05) is 25.8 Å². The molecule has 1 atom stereocenters. The Labute approximate surface area is 131 Å². The number of aliphatic carboxylic acids is 1. The predicted molar refractivity (Wildman–Crippen MR) is 82.1 cm³/mol. The van der Waals surface area contributed by atoms with Crippen molar-refractivity contribution in [2.45, 2.75) is 39.5 Å². The van der Waals surface area contributed by atoms with E-state index in [-0.39, 0.29) is 30.5 Å². The van der Waals surface area contributed by atoms with Crippen LogP contribution in [0.25, 0.3) is 0 Å². The molecule has 1 heterocycles. The fourth-order valence-corrected chi connectivity index (χ4v) is 4.98. The molecule has 2 rings (SSSR count). The van der Waals surface area contributed by atoms with Crippen molar-refractivity contribution in [3.8, 4) is 0 Å². The number of likely N-dealkylation sites (tertiary alicyclic amines) is 1. The summed E-state index contributed by atoms with van der Waals surface area (Å²) in [6, 6.07) is 0. The number of carbonyl (C=O) groups excluding carboxylic acids is 1. The molecule has 1 amide bonds. The minimum absolute atomic E-state index is 0.0475. The molecule has 1 saturated carbocycles. The Bertz CT molecular complexity index is 579. The first-order chi connectivity index (χ1) is 10.00. The summed E-state index contributed by atoms with van der Waals surface area (Å²) in [4.78, 5) is 25.7. The summed E-state index contributed by atoms with van der Waals surface area (Å²) >= 11 is 0. The van der Waals surface area contributed by atoms with Crippen LogP contribution in [0.2, 0.25) is 0 Å². The van der Waals surface area contributed by atoms with Crippen LogP contribution in [0.3, 0.4) is 0 Å². The molecule has 0 bridgehead atoms. The summed E-state index contributed by atoms with van der Waals surface area (Å²) in [6.45, 7) is 4.41. The van der Waals surface area contributed by atoms with Gasteiger partial charge in [-0.15, -0.1) is 0 Å². The molecule has 1 aliphatic carbocycles. The zero-order valence-electron chi connectivity index (χ0n) is 13.5. The zero-order chi connectivity index (χ0) is 16.8. The lowest BCUT2D eigenvalue weighted by Gasteiger charge is -2.29. The van der Waals surface area contributed by atoms with Crippen LogP contribution in [-0.4, -0.2) is 55.4 Å². The van der Waals surface area contributed by atoms with E-state index in [9.17, 15) is 23.1 Å². The van der Waals surface area contributed by atoms with Gasteiger partial charge in [0.15, 0.2) is 0 Å². The fourth-order valence-electron chi connectivity index (χ4n) is 3.48. The maximum Gasteiger partial charge on any atom is 0.311 e. The molecule has 6 nitrogen and oxygen atoms in total. The lowest BCUT2D eigenvalue weighted by atomic mass is 9.76. The van der Waals surface area contributed by atoms with Crippen molar-refractivity contribution in [1.29, 1.82) is 0 Å². The van der Waals surface area contributed by atoms with Gasteiger partial charge in [-0.1, -0.05) is 13.8 Å². The van der Waals surface area contributed by atoms with Crippen molar-refractivity contribution in [2.24, 2.45) is 16.7 Å². The molecule has 0 aromatic rings. The van der Waals surface area contributed by atoms with Crippen LogP contribution in [0.4, 0.5) is 0 Å². The molecule has 1 unspecified atom stereocenters. The third-order valence-corrected chi connectivity index (χ3v) is 6.37. The van der Waals surface area contributed by atoms with Crippen molar-refractivity contribution in [1.82, 2.24) is 4.90 Å². The van der Waals surface area contributed by atoms with Gasteiger partial charge >= 0.3 is 5.97 Å². The molecule has 1 aliphatic heterocycles. The molecule has 2 fully saturated rings. The monoisotopic (exact) mass is 331 g/mol. The summed E-state index contributed by atoms with van der Waals surface area (Å²) in [5, 5.41) is 9.51. The van der Waals surface area contributed by atoms with Crippen molar-refractivity contribution >= 4 is 21.7 Å². The Morgan fingerprint density at radius 3 is 2.18 bits per heavy atom. The maximum atomic E-state index is 12.5. The van der Waals surface area contributed by atoms with E-state index >= 15 is 0 Å². The van der Waals surface area contributed by atoms with Crippen LogP contribution in [0.15, 0.2) is 0 Å². The molecule has 7 heteroatoms. The molecule has 0 aromatic carbocycles. The lowest BCUT2D eigenvalue weighted by Crippen LogP contribution is -2.41. The van der Waals surface area contributed by atoms with E-state index in [4.69, 9.17) is 0 Å². The minimum Gasteiger partial charge on any atom is -0.481 e. The van der Waals surface area contributed by atoms with E-state index in [2.05, 4.69) is 0 Å².